The Morgan fingerprint density at radius 3 is 2.46 bits per heavy atom. The van der Waals surface area contributed by atoms with Gasteiger partial charge >= 0.3 is 6.18 Å². The van der Waals surface area contributed by atoms with Crippen LogP contribution in [0, 0.1) is 11.3 Å². The minimum Gasteiger partial charge on any atom is -0.387 e. The topological polar surface area (TPSA) is 73.1 Å². The molecule has 0 heterocycles. The van der Waals surface area contributed by atoms with Gasteiger partial charge in [-0.15, -0.1) is 0 Å². The quantitative estimate of drug-likeness (QED) is 0.903. The van der Waals surface area contributed by atoms with E-state index in [9.17, 15) is 23.1 Å². The van der Waals surface area contributed by atoms with Gasteiger partial charge in [0.1, 0.15) is 0 Å². The second-order valence-electron chi connectivity index (χ2n) is 5.04. The van der Waals surface area contributed by atoms with Crippen molar-refractivity contribution in [3.63, 3.8) is 0 Å². The maximum absolute atomic E-state index is 12.7. The smallest absolute Gasteiger partial charge is 0.387 e. The summed E-state index contributed by atoms with van der Waals surface area (Å²) in [7, 11) is 0. The van der Waals surface area contributed by atoms with Gasteiger partial charge in [0.25, 0.3) is 5.91 Å². The highest BCUT2D eigenvalue weighted by atomic mass is 19.4. The molecule has 24 heavy (non-hydrogen) atoms. The fourth-order valence-electron chi connectivity index (χ4n) is 2.03. The molecular weight excluding hydrogens is 321 g/mol. The van der Waals surface area contributed by atoms with Crippen LogP contribution in [0.4, 0.5) is 13.2 Å². The summed E-state index contributed by atoms with van der Waals surface area (Å²) in [5.74, 6) is -0.495. The monoisotopic (exact) mass is 334 g/mol. The van der Waals surface area contributed by atoms with Crippen molar-refractivity contribution in [3.8, 4) is 6.07 Å². The minimum absolute atomic E-state index is 0.0601. The van der Waals surface area contributed by atoms with Gasteiger partial charge in [-0.05, 0) is 42.0 Å². The number of benzene rings is 2. The molecule has 0 saturated carbocycles. The lowest BCUT2D eigenvalue weighted by molar-refractivity contribution is -0.137. The lowest BCUT2D eigenvalue weighted by atomic mass is 10.1. The molecule has 1 amide bonds. The Kier molecular flexibility index (Phi) is 5.21. The first-order valence-corrected chi connectivity index (χ1v) is 6.95. The standard InChI is InChI=1S/C17H13F3N2O2/c18-17(19,20)14-3-1-2-13(8-14)15(23)10-22-16(24)12-6-4-11(9-21)5-7-12/h1-8,15,23H,10H2,(H,22,24). The van der Waals surface area contributed by atoms with Crippen LogP contribution >= 0.6 is 0 Å². The zero-order chi connectivity index (χ0) is 17.7. The van der Waals surface area contributed by atoms with Crippen LogP contribution in [0.5, 0.6) is 0 Å². The number of amides is 1. The predicted molar refractivity (Wildman–Crippen MR) is 79.9 cm³/mol. The molecule has 4 nitrogen and oxygen atoms in total. The Morgan fingerprint density at radius 1 is 1.21 bits per heavy atom. The molecule has 0 saturated heterocycles. The number of aliphatic hydroxyl groups excluding tert-OH is 1. The normalized spacial score (nSPS) is 12.3. The third-order valence-electron chi connectivity index (χ3n) is 3.33. The maximum atomic E-state index is 12.7. The Balaban J connectivity index is 2.01. The number of nitrogens with zero attached hydrogens (tertiary/aromatic N) is 1. The van der Waals surface area contributed by atoms with Crippen molar-refractivity contribution < 1.29 is 23.1 Å². The predicted octanol–water partition coefficient (Wildman–Crippen LogP) is 3.04. The molecule has 2 aromatic rings. The first-order chi connectivity index (χ1) is 11.3. The number of hydrogen-bond donors (Lipinski definition) is 2. The van der Waals surface area contributed by atoms with Crippen molar-refractivity contribution in [3.05, 3.63) is 70.8 Å². The van der Waals surface area contributed by atoms with Crippen LogP contribution in [-0.4, -0.2) is 17.6 Å². The first kappa shape index (κ1) is 17.5. The fraction of sp³-hybridized carbons (Fsp3) is 0.176. The van der Waals surface area contributed by atoms with Crippen molar-refractivity contribution in [2.75, 3.05) is 6.54 Å². The molecule has 0 spiro atoms. The third kappa shape index (κ3) is 4.33. The summed E-state index contributed by atoms with van der Waals surface area (Å²) < 4.78 is 38.0. The molecule has 0 bridgehead atoms. The van der Waals surface area contributed by atoms with E-state index in [2.05, 4.69) is 5.32 Å². The zero-order valence-corrected chi connectivity index (χ0v) is 12.3. The molecule has 2 rings (SSSR count). The van der Waals surface area contributed by atoms with Gasteiger partial charge in [-0.1, -0.05) is 12.1 Å². The van der Waals surface area contributed by atoms with Crippen LogP contribution in [0.3, 0.4) is 0 Å². The van der Waals surface area contributed by atoms with Gasteiger partial charge in [-0.2, -0.15) is 18.4 Å². The molecule has 1 unspecified atom stereocenters. The average molecular weight is 334 g/mol. The number of aliphatic hydroxyl groups is 1. The van der Waals surface area contributed by atoms with Crippen molar-refractivity contribution in [1.29, 1.82) is 5.26 Å². The summed E-state index contributed by atoms with van der Waals surface area (Å²) in [5.41, 5.74) is -0.122. The molecule has 2 aromatic carbocycles. The Labute approximate surface area is 136 Å². The second-order valence-corrected chi connectivity index (χ2v) is 5.04. The number of carbonyl (C=O) groups is 1. The van der Waals surface area contributed by atoms with Gasteiger partial charge in [0, 0.05) is 12.1 Å². The second kappa shape index (κ2) is 7.15. The van der Waals surface area contributed by atoms with Gasteiger partial charge in [0.15, 0.2) is 0 Å². The van der Waals surface area contributed by atoms with Crippen LogP contribution in [0.25, 0.3) is 0 Å². The fourth-order valence-corrected chi connectivity index (χ4v) is 2.03. The van der Waals surface area contributed by atoms with Crippen molar-refractivity contribution >= 4 is 5.91 Å². The molecule has 1 atom stereocenters. The highest BCUT2D eigenvalue weighted by molar-refractivity contribution is 5.94. The summed E-state index contributed by atoms with van der Waals surface area (Å²) in [6, 6.07) is 12.1. The summed E-state index contributed by atoms with van der Waals surface area (Å²) >= 11 is 0. The molecule has 7 heteroatoms. The van der Waals surface area contributed by atoms with Gasteiger partial charge < -0.3 is 10.4 Å². The van der Waals surface area contributed by atoms with E-state index >= 15 is 0 Å². The van der Waals surface area contributed by atoms with E-state index in [0.29, 0.717) is 5.56 Å². The SMILES string of the molecule is N#Cc1ccc(C(=O)NCC(O)c2cccc(C(F)(F)F)c2)cc1. The third-order valence-corrected chi connectivity index (χ3v) is 3.33. The molecule has 124 valence electrons. The van der Waals surface area contributed by atoms with E-state index in [0.717, 1.165) is 12.1 Å². The van der Waals surface area contributed by atoms with E-state index in [4.69, 9.17) is 5.26 Å². The van der Waals surface area contributed by atoms with Crippen LogP contribution in [0.2, 0.25) is 0 Å². The van der Waals surface area contributed by atoms with Gasteiger partial charge in [0.05, 0.1) is 23.3 Å². The number of alkyl halides is 3. The molecular formula is C17H13F3N2O2. The zero-order valence-electron chi connectivity index (χ0n) is 12.3. The Bertz CT molecular complexity index is 765. The molecule has 0 aliphatic rings. The molecule has 2 N–H and O–H groups in total. The molecule has 0 aliphatic heterocycles. The first-order valence-electron chi connectivity index (χ1n) is 6.95. The van der Waals surface area contributed by atoms with Crippen molar-refractivity contribution in [2.24, 2.45) is 0 Å². The van der Waals surface area contributed by atoms with E-state index in [1.165, 1.54) is 36.4 Å². The van der Waals surface area contributed by atoms with E-state index in [-0.39, 0.29) is 17.7 Å². The Morgan fingerprint density at radius 2 is 1.88 bits per heavy atom. The van der Waals surface area contributed by atoms with Crippen LogP contribution < -0.4 is 5.32 Å². The molecule has 0 fully saturated rings. The highest BCUT2D eigenvalue weighted by Gasteiger charge is 2.30. The molecule has 0 radical (unpaired) electrons. The van der Waals surface area contributed by atoms with Crippen LogP contribution in [0.15, 0.2) is 48.5 Å². The van der Waals surface area contributed by atoms with Crippen molar-refractivity contribution in [2.45, 2.75) is 12.3 Å². The summed E-state index contributed by atoms with van der Waals surface area (Å²) in [6.07, 6.45) is -5.77. The Hall–Kier alpha value is -2.85. The van der Waals surface area contributed by atoms with Gasteiger partial charge in [-0.3, -0.25) is 4.79 Å². The summed E-state index contributed by atoms with van der Waals surface area (Å²) in [5, 5.41) is 21.1. The van der Waals surface area contributed by atoms with Gasteiger partial charge in [-0.25, -0.2) is 0 Å². The summed E-state index contributed by atoms with van der Waals surface area (Å²) in [4.78, 5) is 11.9. The highest BCUT2D eigenvalue weighted by Crippen LogP contribution is 2.30. The maximum Gasteiger partial charge on any atom is 0.416 e. The van der Waals surface area contributed by atoms with Crippen LogP contribution in [-0.2, 0) is 6.18 Å². The molecule has 0 aliphatic carbocycles. The largest absolute Gasteiger partial charge is 0.416 e. The number of nitrogens with one attached hydrogen (secondary N) is 1. The number of rotatable bonds is 4. The van der Waals surface area contributed by atoms with Crippen LogP contribution in [0.1, 0.15) is 33.2 Å². The lowest BCUT2D eigenvalue weighted by Crippen LogP contribution is -2.28. The number of halogens is 3. The number of carbonyl (C=O) groups excluding carboxylic acids is 1. The van der Waals surface area contributed by atoms with Crippen molar-refractivity contribution in [1.82, 2.24) is 5.32 Å². The van der Waals surface area contributed by atoms with E-state index < -0.39 is 23.8 Å². The van der Waals surface area contributed by atoms with E-state index in [1.807, 2.05) is 6.07 Å². The summed E-state index contributed by atoms with van der Waals surface area (Å²) in [6.45, 7) is -0.236. The lowest BCUT2D eigenvalue weighted by Gasteiger charge is -2.14. The van der Waals surface area contributed by atoms with E-state index in [1.54, 1.807) is 0 Å². The van der Waals surface area contributed by atoms with Gasteiger partial charge in [0.2, 0.25) is 0 Å². The molecule has 0 aromatic heterocycles. The minimum atomic E-state index is -4.50. The number of hydrogen-bond acceptors (Lipinski definition) is 3. The average Bonchev–Trinajstić information content (AvgIpc) is 2.58. The number of nitriles is 1.